The predicted molar refractivity (Wildman–Crippen MR) is 115 cm³/mol. The minimum atomic E-state index is -0.942. The molecule has 3 aromatic rings. The number of amides is 1. The summed E-state index contributed by atoms with van der Waals surface area (Å²) in [5, 5.41) is 0.847. The van der Waals surface area contributed by atoms with E-state index in [1.54, 1.807) is 0 Å². The summed E-state index contributed by atoms with van der Waals surface area (Å²) in [6.07, 6.45) is 2.84. The van der Waals surface area contributed by atoms with Gasteiger partial charge in [0.15, 0.2) is 11.6 Å². The van der Waals surface area contributed by atoms with E-state index >= 15 is 0 Å². The first-order chi connectivity index (χ1) is 15.0. The maximum Gasteiger partial charge on any atom is 0.274 e. The Morgan fingerprint density at radius 3 is 2.65 bits per heavy atom. The van der Waals surface area contributed by atoms with E-state index in [4.69, 9.17) is 4.74 Å². The topological polar surface area (TPSA) is 42.4 Å². The number of aromatic nitrogens is 1. The average Bonchev–Trinajstić information content (AvgIpc) is 3.15. The van der Waals surface area contributed by atoms with Gasteiger partial charge in [-0.2, -0.15) is 0 Å². The van der Waals surface area contributed by atoms with Crippen LogP contribution >= 0.6 is 11.3 Å². The van der Waals surface area contributed by atoms with Crippen LogP contribution in [0.1, 0.15) is 34.8 Å². The molecule has 2 saturated heterocycles. The van der Waals surface area contributed by atoms with Gasteiger partial charge < -0.3 is 9.64 Å². The van der Waals surface area contributed by atoms with E-state index in [2.05, 4.69) is 4.98 Å². The molecule has 2 bridgehead atoms. The Kier molecular flexibility index (Phi) is 5.22. The number of fused-ring (bicyclic) bond motifs is 2. The number of piperidine rings is 2. The average molecular weight is 441 g/mol. The Labute approximate surface area is 183 Å². The number of hydrogen-bond acceptors (Lipinski definition) is 4. The smallest absolute Gasteiger partial charge is 0.274 e. The zero-order chi connectivity index (χ0) is 21.5. The second-order valence-electron chi connectivity index (χ2n) is 8.26. The van der Waals surface area contributed by atoms with Gasteiger partial charge >= 0.3 is 0 Å². The Hall–Kier alpha value is -2.80. The van der Waals surface area contributed by atoms with E-state index in [0.717, 1.165) is 46.8 Å². The fraction of sp³-hybridized carbons (Fsp3) is 0.333. The number of hydrogen-bond donors (Lipinski definition) is 0. The molecule has 1 aliphatic carbocycles. The van der Waals surface area contributed by atoms with Crippen LogP contribution in [-0.4, -0.2) is 34.5 Å². The Morgan fingerprint density at radius 2 is 1.90 bits per heavy atom. The van der Waals surface area contributed by atoms with Gasteiger partial charge in [0, 0.05) is 12.1 Å². The lowest BCUT2D eigenvalue weighted by Crippen LogP contribution is -2.60. The molecule has 1 amide bonds. The first-order valence-electron chi connectivity index (χ1n) is 10.4. The third-order valence-electron chi connectivity index (χ3n) is 6.14. The van der Waals surface area contributed by atoms with Crippen LogP contribution in [-0.2, 0) is 0 Å². The number of ether oxygens (including phenoxy) is 1. The van der Waals surface area contributed by atoms with Gasteiger partial charge in [-0.3, -0.25) is 4.79 Å². The van der Waals surface area contributed by atoms with Gasteiger partial charge in [0.25, 0.3) is 5.91 Å². The molecule has 1 saturated carbocycles. The van der Waals surface area contributed by atoms with Crippen molar-refractivity contribution in [3.8, 4) is 16.2 Å². The number of benzene rings is 2. The third kappa shape index (κ3) is 3.83. The monoisotopic (exact) mass is 440 g/mol. The summed E-state index contributed by atoms with van der Waals surface area (Å²) in [4.78, 5) is 21.0. The van der Waals surface area contributed by atoms with Crippen molar-refractivity contribution in [1.29, 1.82) is 0 Å². The summed E-state index contributed by atoms with van der Waals surface area (Å²) in [7, 11) is 0. The molecule has 2 aliphatic heterocycles. The van der Waals surface area contributed by atoms with Crippen molar-refractivity contribution in [2.45, 2.75) is 38.3 Å². The molecule has 7 heteroatoms. The van der Waals surface area contributed by atoms with Crippen molar-refractivity contribution in [3.05, 3.63) is 70.9 Å². The zero-order valence-corrected chi connectivity index (χ0v) is 17.9. The molecule has 1 aromatic heterocycles. The van der Waals surface area contributed by atoms with Crippen LogP contribution in [0.25, 0.3) is 10.4 Å². The largest absolute Gasteiger partial charge is 0.491 e. The van der Waals surface area contributed by atoms with Crippen molar-refractivity contribution in [2.75, 3.05) is 6.61 Å². The number of carbonyl (C=O) groups excluding carboxylic acids is 1. The molecular formula is C24H22F2N2O2S. The predicted octanol–water partition coefficient (Wildman–Crippen LogP) is 5.47. The fourth-order valence-corrected chi connectivity index (χ4v) is 5.55. The van der Waals surface area contributed by atoms with Crippen molar-refractivity contribution >= 4 is 17.2 Å². The summed E-state index contributed by atoms with van der Waals surface area (Å²) in [6.45, 7) is 2.15. The van der Waals surface area contributed by atoms with E-state index in [-0.39, 0.29) is 30.3 Å². The number of halogens is 2. The maximum atomic E-state index is 13.7. The standard InChI is InChI=1S/C24H22F2N2O2S/c1-14-27-22(23(31-14)16-5-3-2-4-6-16)24(29)28-17-9-15(10-17)11-18(28)13-30-19-7-8-20(25)21(26)12-19/h2-8,12,15,17-18H,9-11,13H2,1H3. The maximum absolute atomic E-state index is 13.7. The van der Waals surface area contributed by atoms with Crippen molar-refractivity contribution in [3.63, 3.8) is 0 Å². The quantitative estimate of drug-likeness (QED) is 0.528. The van der Waals surface area contributed by atoms with Gasteiger partial charge in [0.1, 0.15) is 18.1 Å². The van der Waals surface area contributed by atoms with Gasteiger partial charge in [-0.05, 0) is 49.8 Å². The first-order valence-corrected chi connectivity index (χ1v) is 11.2. The van der Waals surface area contributed by atoms with Gasteiger partial charge in [-0.1, -0.05) is 30.3 Å². The van der Waals surface area contributed by atoms with Gasteiger partial charge in [-0.15, -0.1) is 11.3 Å². The van der Waals surface area contributed by atoms with Gasteiger partial charge in [0.2, 0.25) is 0 Å². The molecule has 1 atom stereocenters. The van der Waals surface area contributed by atoms with Crippen LogP contribution in [0.2, 0.25) is 0 Å². The van der Waals surface area contributed by atoms with Crippen LogP contribution in [0.15, 0.2) is 48.5 Å². The molecule has 1 unspecified atom stereocenters. The van der Waals surface area contributed by atoms with Gasteiger partial charge in [0.05, 0.1) is 15.9 Å². The zero-order valence-electron chi connectivity index (χ0n) is 17.1. The highest BCUT2D eigenvalue weighted by Crippen LogP contribution is 2.44. The van der Waals surface area contributed by atoms with Crippen molar-refractivity contribution < 1.29 is 18.3 Å². The molecule has 3 heterocycles. The SMILES string of the molecule is Cc1nc(C(=O)N2C(COc3ccc(F)c(F)c3)CC3CC2C3)c(-c2ccccc2)s1. The van der Waals surface area contributed by atoms with Crippen molar-refractivity contribution in [2.24, 2.45) is 5.92 Å². The molecule has 160 valence electrons. The lowest BCUT2D eigenvalue weighted by molar-refractivity contribution is -0.0309. The van der Waals surface area contributed by atoms with Crippen LogP contribution in [0.3, 0.4) is 0 Å². The fourth-order valence-electron chi connectivity index (χ4n) is 4.64. The van der Waals surface area contributed by atoms with E-state index in [9.17, 15) is 13.6 Å². The van der Waals surface area contributed by atoms with E-state index in [1.807, 2.05) is 42.2 Å². The molecule has 2 aromatic carbocycles. The van der Waals surface area contributed by atoms with Crippen LogP contribution in [0.5, 0.6) is 5.75 Å². The second-order valence-corrected chi connectivity index (χ2v) is 9.46. The van der Waals surface area contributed by atoms with Gasteiger partial charge in [-0.25, -0.2) is 13.8 Å². The summed E-state index contributed by atoms with van der Waals surface area (Å²) in [6, 6.07) is 13.4. The van der Waals surface area contributed by atoms with E-state index in [0.29, 0.717) is 11.6 Å². The number of thiazole rings is 1. The lowest BCUT2D eigenvalue weighted by Gasteiger charge is -2.53. The van der Waals surface area contributed by atoms with E-state index in [1.165, 1.54) is 17.4 Å². The number of nitrogens with zero attached hydrogens (tertiary/aromatic N) is 2. The number of aryl methyl sites for hydroxylation is 1. The summed E-state index contributed by atoms with van der Waals surface area (Å²) in [5.74, 6) is -1.08. The Morgan fingerprint density at radius 1 is 1.13 bits per heavy atom. The summed E-state index contributed by atoms with van der Waals surface area (Å²) >= 11 is 1.52. The molecule has 0 radical (unpaired) electrons. The first kappa shape index (κ1) is 20.1. The van der Waals surface area contributed by atoms with Crippen LogP contribution in [0.4, 0.5) is 8.78 Å². The molecule has 4 nitrogen and oxygen atoms in total. The Bertz CT molecular complexity index is 1110. The Balaban J connectivity index is 1.40. The third-order valence-corrected chi connectivity index (χ3v) is 7.16. The summed E-state index contributed by atoms with van der Waals surface area (Å²) in [5.41, 5.74) is 1.46. The number of carbonyl (C=O) groups is 1. The normalized spacial score (nSPS) is 22.2. The molecule has 3 fully saturated rings. The van der Waals surface area contributed by atoms with Crippen LogP contribution < -0.4 is 4.74 Å². The minimum absolute atomic E-state index is 0.0785. The van der Waals surface area contributed by atoms with Crippen molar-refractivity contribution in [1.82, 2.24) is 9.88 Å². The molecule has 0 N–H and O–H groups in total. The molecule has 6 rings (SSSR count). The lowest BCUT2D eigenvalue weighted by atomic mass is 9.70. The second kappa shape index (κ2) is 8.04. The molecule has 3 aliphatic rings. The molecule has 0 spiro atoms. The minimum Gasteiger partial charge on any atom is -0.491 e. The number of rotatable bonds is 5. The summed E-state index contributed by atoms with van der Waals surface area (Å²) < 4.78 is 32.5. The molecule has 31 heavy (non-hydrogen) atoms. The highest BCUT2D eigenvalue weighted by Gasteiger charge is 2.47. The molecular weight excluding hydrogens is 418 g/mol. The van der Waals surface area contributed by atoms with Crippen LogP contribution in [0, 0.1) is 24.5 Å². The highest BCUT2D eigenvalue weighted by atomic mass is 32.1. The van der Waals surface area contributed by atoms with E-state index < -0.39 is 11.6 Å². The highest BCUT2D eigenvalue weighted by molar-refractivity contribution is 7.15.